The highest BCUT2D eigenvalue weighted by molar-refractivity contribution is 7.11. The van der Waals surface area contributed by atoms with Gasteiger partial charge in [0.2, 0.25) is 5.91 Å². The molecule has 0 radical (unpaired) electrons. The van der Waals surface area contributed by atoms with Crippen molar-refractivity contribution >= 4 is 42.1 Å². The predicted octanol–water partition coefficient (Wildman–Crippen LogP) is 4.16. The molecule has 1 aliphatic rings. The number of nitrogens with zero attached hydrogens (tertiary/aromatic N) is 2. The van der Waals surface area contributed by atoms with E-state index in [9.17, 15) is 4.79 Å². The summed E-state index contributed by atoms with van der Waals surface area (Å²) < 4.78 is 0. The fourth-order valence-corrected chi connectivity index (χ4v) is 4.43. The number of rotatable bonds is 5. The van der Waals surface area contributed by atoms with Crippen LogP contribution < -0.4 is 5.73 Å². The molecule has 1 aromatic carbocycles. The Labute approximate surface area is 172 Å². The molecule has 4 nitrogen and oxygen atoms in total. The molecule has 7 heteroatoms. The van der Waals surface area contributed by atoms with E-state index in [0.717, 1.165) is 23.4 Å². The normalized spacial score (nSPS) is 15.0. The van der Waals surface area contributed by atoms with E-state index in [1.165, 1.54) is 23.4 Å². The van der Waals surface area contributed by atoms with Crippen LogP contribution >= 0.6 is 36.2 Å². The number of fused-ring (bicyclic) bond motifs is 1. The molecular weight excluding hydrogens is 389 g/mol. The number of aryl methyl sites for hydroxylation is 2. The zero-order valence-corrected chi connectivity index (χ0v) is 17.6. The Hall–Kier alpha value is -1.14. The van der Waals surface area contributed by atoms with Gasteiger partial charge >= 0.3 is 0 Å². The first-order valence-electron chi connectivity index (χ1n) is 8.59. The van der Waals surface area contributed by atoms with Crippen LogP contribution in [0.1, 0.15) is 46.9 Å². The maximum atomic E-state index is 12.7. The zero-order valence-electron chi connectivity index (χ0n) is 15.2. The van der Waals surface area contributed by atoms with Crippen molar-refractivity contribution in [2.45, 2.75) is 45.2 Å². The van der Waals surface area contributed by atoms with Crippen molar-refractivity contribution in [3.05, 3.63) is 51.5 Å². The number of nitrogens with two attached hydrogens (primary N) is 1. The van der Waals surface area contributed by atoms with Crippen LogP contribution in [0.3, 0.4) is 0 Å². The average molecular weight is 416 g/mol. The number of carbonyl (C=O) groups excluding carboxylic acids is 1. The smallest absolute Gasteiger partial charge is 0.227 e. The molecule has 0 aliphatic heterocycles. The van der Waals surface area contributed by atoms with E-state index in [1.54, 1.807) is 16.2 Å². The first-order valence-corrected chi connectivity index (χ1v) is 9.41. The second-order valence-electron chi connectivity index (χ2n) is 6.60. The number of halogens is 2. The second kappa shape index (κ2) is 10.3. The molecule has 144 valence electrons. The molecule has 1 aliphatic carbocycles. The lowest BCUT2D eigenvalue weighted by Gasteiger charge is -2.25. The van der Waals surface area contributed by atoms with Crippen molar-refractivity contribution in [2.24, 2.45) is 11.7 Å². The fraction of sp³-hybridized carbons (Fsp3) is 0.474. The van der Waals surface area contributed by atoms with Crippen LogP contribution in [-0.2, 0) is 24.2 Å². The third-order valence-electron chi connectivity index (χ3n) is 4.75. The quantitative estimate of drug-likeness (QED) is 0.796. The van der Waals surface area contributed by atoms with Crippen LogP contribution in [0.5, 0.6) is 0 Å². The highest BCUT2D eigenvalue weighted by Crippen LogP contribution is 2.28. The van der Waals surface area contributed by atoms with Crippen LogP contribution in [-0.4, -0.2) is 22.8 Å². The summed E-state index contributed by atoms with van der Waals surface area (Å²) in [4.78, 5) is 20.6. The number of thiazole rings is 1. The van der Waals surface area contributed by atoms with Gasteiger partial charge in [-0.05, 0) is 31.2 Å². The molecule has 2 N–H and O–H groups in total. The molecule has 1 amide bonds. The van der Waals surface area contributed by atoms with Crippen molar-refractivity contribution < 1.29 is 4.79 Å². The summed E-state index contributed by atoms with van der Waals surface area (Å²) in [6.07, 6.45) is 4.71. The maximum Gasteiger partial charge on any atom is 0.227 e. The Morgan fingerprint density at radius 2 is 1.88 bits per heavy atom. The lowest BCUT2D eigenvalue weighted by Crippen LogP contribution is -2.36. The molecule has 0 fully saturated rings. The molecule has 1 aromatic heterocycles. The maximum absolute atomic E-state index is 12.7. The molecule has 0 saturated carbocycles. The van der Waals surface area contributed by atoms with Crippen LogP contribution in [0.4, 0.5) is 0 Å². The first kappa shape index (κ1) is 22.9. The van der Waals surface area contributed by atoms with Gasteiger partial charge in [-0.2, -0.15) is 0 Å². The number of benzene rings is 1. The highest BCUT2D eigenvalue weighted by Gasteiger charge is 2.26. The minimum absolute atomic E-state index is 0. The van der Waals surface area contributed by atoms with Gasteiger partial charge in [-0.15, -0.1) is 36.2 Å². The third-order valence-corrected chi connectivity index (χ3v) is 5.89. The average Bonchev–Trinajstić information content (AvgIpc) is 3.02. The van der Waals surface area contributed by atoms with Crippen molar-refractivity contribution in [1.29, 1.82) is 0 Å². The molecular formula is C19H27Cl2N3OS. The van der Waals surface area contributed by atoms with Crippen LogP contribution in [0.2, 0.25) is 0 Å². The summed E-state index contributed by atoms with van der Waals surface area (Å²) >= 11 is 1.76. The first-order chi connectivity index (χ1) is 11.6. The number of carbonyl (C=O) groups is 1. The van der Waals surface area contributed by atoms with Gasteiger partial charge in [0.05, 0.1) is 18.2 Å². The molecule has 0 spiro atoms. The van der Waals surface area contributed by atoms with Gasteiger partial charge < -0.3 is 10.6 Å². The second-order valence-corrected chi connectivity index (χ2v) is 7.77. The van der Waals surface area contributed by atoms with Crippen LogP contribution in [0.15, 0.2) is 30.3 Å². The van der Waals surface area contributed by atoms with E-state index in [1.807, 2.05) is 44.3 Å². The molecule has 2 atom stereocenters. The van der Waals surface area contributed by atoms with E-state index in [0.29, 0.717) is 6.54 Å². The third kappa shape index (κ3) is 5.19. The molecule has 2 aromatic rings. The van der Waals surface area contributed by atoms with Gasteiger partial charge in [0.1, 0.15) is 5.01 Å². The number of hydrogen-bond donors (Lipinski definition) is 1. The lowest BCUT2D eigenvalue weighted by atomic mass is 9.94. The Kier molecular flexibility index (Phi) is 9.04. The summed E-state index contributed by atoms with van der Waals surface area (Å²) in [5.41, 5.74) is 8.53. The Morgan fingerprint density at radius 3 is 2.54 bits per heavy atom. The molecule has 0 saturated heterocycles. The standard InChI is InChI=1S/C19H25N3OS.2ClH/c1-13(18(20)14-8-4-3-5-9-14)19(23)22(2)12-17-21-15-10-6-7-11-16(15)24-17;;/h3-5,8-9,13,18H,6-7,10-12,20H2,1-2H3;2*1H. The number of aromatic nitrogens is 1. The summed E-state index contributed by atoms with van der Waals surface area (Å²) in [6, 6.07) is 9.53. The van der Waals surface area contributed by atoms with Crippen molar-refractivity contribution in [3.63, 3.8) is 0 Å². The van der Waals surface area contributed by atoms with Gasteiger partial charge in [-0.25, -0.2) is 4.98 Å². The van der Waals surface area contributed by atoms with Gasteiger partial charge in [0.25, 0.3) is 0 Å². The minimum atomic E-state index is -0.286. The van der Waals surface area contributed by atoms with Crippen molar-refractivity contribution in [1.82, 2.24) is 9.88 Å². The Balaban J connectivity index is 0.00000169. The largest absolute Gasteiger partial charge is 0.339 e. The zero-order chi connectivity index (χ0) is 17.1. The van der Waals surface area contributed by atoms with Gasteiger partial charge in [-0.3, -0.25) is 4.79 Å². The number of hydrogen-bond acceptors (Lipinski definition) is 4. The summed E-state index contributed by atoms with van der Waals surface area (Å²) in [5, 5.41) is 1.04. The van der Waals surface area contributed by atoms with Gasteiger partial charge in [-0.1, -0.05) is 37.3 Å². The van der Waals surface area contributed by atoms with E-state index < -0.39 is 0 Å². The summed E-state index contributed by atoms with van der Waals surface area (Å²) in [6.45, 7) is 2.48. The minimum Gasteiger partial charge on any atom is -0.339 e. The van der Waals surface area contributed by atoms with Gasteiger partial charge in [0.15, 0.2) is 0 Å². The van der Waals surface area contributed by atoms with E-state index in [4.69, 9.17) is 10.7 Å². The molecule has 2 unspecified atom stereocenters. The highest BCUT2D eigenvalue weighted by atomic mass is 35.5. The van der Waals surface area contributed by atoms with E-state index >= 15 is 0 Å². The van der Waals surface area contributed by atoms with Gasteiger partial charge in [0, 0.05) is 18.0 Å². The lowest BCUT2D eigenvalue weighted by molar-refractivity contribution is -0.134. The predicted molar refractivity (Wildman–Crippen MR) is 112 cm³/mol. The van der Waals surface area contributed by atoms with Crippen molar-refractivity contribution in [3.8, 4) is 0 Å². The van der Waals surface area contributed by atoms with E-state index in [-0.39, 0.29) is 42.7 Å². The molecule has 1 heterocycles. The number of amides is 1. The monoisotopic (exact) mass is 415 g/mol. The van der Waals surface area contributed by atoms with Crippen LogP contribution in [0.25, 0.3) is 0 Å². The van der Waals surface area contributed by atoms with Crippen molar-refractivity contribution in [2.75, 3.05) is 7.05 Å². The molecule has 26 heavy (non-hydrogen) atoms. The van der Waals surface area contributed by atoms with E-state index in [2.05, 4.69) is 0 Å². The van der Waals surface area contributed by atoms with Crippen LogP contribution in [0, 0.1) is 5.92 Å². The summed E-state index contributed by atoms with van der Waals surface area (Å²) in [7, 11) is 1.84. The topological polar surface area (TPSA) is 59.2 Å². The summed E-state index contributed by atoms with van der Waals surface area (Å²) in [5.74, 6) is -0.188. The Bertz CT molecular complexity index is 685. The fourth-order valence-electron chi connectivity index (χ4n) is 3.22. The Morgan fingerprint density at radius 1 is 1.23 bits per heavy atom. The SMILES string of the molecule is CC(C(=O)N(C)Cc1nc2c(s1)CCCC2)C(N)c1ccccc1.Cl.Cl. The molecule has 3 rings (SSSR count). The molecule has 0 bridgehead atoms.